The molecule has 1 N–H and O–H groups in total. The molecule has 0 spiro atoms. The number of hydrogen-bond acceptors (Lipinski definition) is 1. The van der Waals surface area contributed by atoms with Gasteiger partial charge in [0, 0.05) is 0 Å². The molecule has 2 aliphatic carbocycles. The fraction of sp³-hybridized carbons (Fsp3) is 0.800. The van der Waals surface area contributed by atoms with Crippen LogP contribution in [-0.2, 0) is 0 Å². The molecule has 2 aliphatic rings. The Balaban J connectivity index is 2.11. The van der Waals surface area contributed by atoms with Crippen LogP contribution in [0.25, 0.3) is 0 Å². The van der Waals surface area contributed by atoms with Crippen molar-refractivity contribution < 1.29 is 5.11 Å². The molecule has 1 nitrogen and oxygen atoms in total. The maximum atomic E-state index is 9.53. The monoisotopic (exact) mass is 152 g/mol. The minimum absolute atomic E-state index is 0.178. The van der Waals surface area contributed by atoms with E-state index in [0.29, 0.717) is 5.92 Å². The van der Waals surface area contributed by atoms with E-state index in [4.69, 9.17) is 0 Å². The van der Waals surface area contributed by atoms with Crippen molar-refractivity contribution in [2.24, 2.45) is 11.8 Å². The molecule has 0 aromatic heterocycles. The van der Waals surface area contributed by atoms with Crippen LogP contribution in [0.5, 0.6) is 0 Å². The highest BCUT2D eigenvalue weighted by atomic mass is 16.3. The van der Waals surface area contributed by atoms with Crippen LogP contribution in [0.3, 0.4) is 0 Å². The van der Waals surface area contributed by atoms with Crippen molar-refractivity contribution in [1.29, 1.82) is 0 Å². The van der Waals surface area contributed by atoms with Crippen LogP contribution in [0, 0.1) is 11.8 Å². The summed E-state index contributed by atoms with van der Waals surface area (Å²) >= 11 is 0. The van der Waals surface area contributed by atoms with Crippen molar-refractivity contribution in [3.63, 3.8) is 0 Å². The summed E-state index contributed by atoms with van der Waals surface area (Å²) in [5.74, 6) is 1.44. The highest BCUT2D eigenvalue weighted by molar-refractivity contribution is 5.15. The largest absolute Gasteiger partial charge is 0.389 e. The van der Waals surface area contributed by atoms with Crippen molar-refractivity contribution in [3.05, 3.63) is 12.2 Å². The molecule has 0 radical (unpaired) electrons. The zero-order valence-corrected chi connectivity index (χ0v) is 6.92. The first-order valence-corrected chi connectivity index (χ1v) is 4.66. The first-order valence-electron chi connectivity index (χ1n) is 4.66. The summed E-state index contributed by atoms with van der Waals surface area (Å²) in [6.45, 7) is 3.97. The summed E-state index contributed by atoms with van der Waals surface area (Å²) in [6.07, 6.45) is 6.11. The summed E-state index contributed by atoms with van der Waals surface area (Å²) in [5, 5.41) is 9.53. The highest BCUT2D eigenvalue weighted by Crippen LogP contribution is 2.44. The molecule has 3 atom stereocenters. The maximum absolute atomic E-state index is 9.53. The summed E-state index contributed by atoms with van der Waals surface area (Å²) in [7, 11) is 0. The molecule has 2 saturated carbocycles. The Bertz CT molecular complexity index is 174. The second-order valence-electron chi connectivity index (χ2n) is 3.98. The molecule has 3 unspecified atom stereocenters. The summed E-state index contributed by atoms with van der Waals surface area (Å²) in [5.41, 5.74) is 1.12. The number of rotatable bonds is 0. The van der Waals surface area contributed by atoms with Crippen molar-refractivity contribution in [2.45, 2.75) is 38.2 Å². The van der Waals surface area contributed by atoms with E-state index < -0.39 is 0 Å². The molecule has 62 valence electrons. The van der Waals surface area contributed by atoms with Gasteiger partial charge in [0.1, 0.15) is 0 Å². The third-order valence-corrected chi connectivity index (χ3v) is 3.34. The number of aliphatic hydroxyl groups excluding tert-OH is 1. The van der Waals surface area contributed by atoms with E-state index in [0.717, 1.165) is 17.9 Å². The molecular weight excluding hydrogens is 136 g/mol. The molecule has 0 aliphatic heterocycles. The average Bonchev–Trinajstić information content (AvgIpc) is 2.30. The zero-order valence-electron chi connectivity index (χ0n) is 6.92. The van der Waals surface area contributed by atoms with Crippen LogP contribution in [0.15, 0.2) is 12.2 Å². The average molecular weight is 152 g/mol. The van der Waals surface area contributed by atoms with Gasteiger partial charge in [-0.3, -0.25) is 0 Å². The minimum Gasteiger partial charge on any atom is -0.389 e. The molecule has 0 aromatic carbocycles. The Hall–Kier alpha value is -0.300. The second kappa shape index (κ2) is 2.63. The maximum Gasteiger partial charge on any atom is 0.0753 e. The van der Waals surface area contributed by atoms with E-state index in [2.05, 4.69) is 6.58 Å². The molecule has 0 bridgehead atoms. The first-order chi connectivity index (χ1) is 5.29. The van der Waals surface area contributed by atoms with Crippen molar-refractivity contribution in [1.82, 2.24) is 0 Å². The first kappa shape index (κ1) is 7.35. The van der Waals surface area contributed by atoms with Crippen LogP contribution in [0.2, 0.25) is 0 Å². The number of aliphatic hydroxyl groups is 1. The normalized spacial score (nSPS) is 44.1. The lowest BCUT2D eigenvalue weighted by atomic mass is 9.81. The molecule has 0 aromatic rings. The third kappa shape index (κ3) is 1.12. The van der Waals surface area contributed by atoms with E-state index in [1.165, 1.54) is 25.7 Å². The van der Waals surface area contributed by atoms with E-state index in [-0.39, 0.29) is 6.10 Å². The Morgan fingerprint density at radius 1 is 1.27 bits per heavy atom. The molecule has 0 heterocycles. The van der Waals surface area contributed by atoms with Gasteiger partial charge in [-0.05, 0) is 36.7 Å². The standard InChI is InChI=1S/C10H16O/c1-7-9-5-3-2-4-8(9)6-10(7)11/h8-11H,1-6H2. The second-order valence-corrected chi connectivity index (χ2v) is 3.98. The third-order valence-electron chi connectivity index (χ3n) is 3.34. The Labute approximate surface area is 68.1 Å². The van der Waals surface area contributed by atoms with Crippen LogP contribution in [-0.4, -0.2) is 11.2 Å². The fourth-order valence-electron chi connectivity index (χ4n) is 2.66. The quantitative estimate of drug-likeness (QED) is 0.527. The van der Waals surface area contributed by atoms with Gasteiger partial charge < -0.3 is 5.11 Å². The smallest absolute Gasteiger partial charge is 0.0753 e. The molecule has 0 amide bonds. The van der Waals surface area contributed by atoms with Crippen LogP contribution in [0.1, 0.15) is 32.1 Å². The van der Waals surface area contributed by atoms with Gasteiger partial charge in [0.15, 0.2) is 0 Å². The van der Waals surface area contributed by atoms with Gasteiger partial charge in [-0.2, -0.15) is 0 Å². The zero-order chi connectivity index (χ0) is 7.84. The van der Waals surface area contributed by atoms with E-state index in [1.807, 2.05) is 0 Å². The predicted octanol–water partition coefficient (Wildman–Crippen LogP) is 2.11. The lowest BCUT2D eigenvalue weighted by molar-refractivity contribution is 0.203. The van der Waals surface area contributed by atoms with Crippen LogP contribution < -0.4 is 0 Å². The Kier molecular flexibility index (Phi) is 1.76. The summed E-state index contributed by atoms with van der Waals surface area (Å²) in [6, 6.07) is 0. The molecule has 2 rings (SSSR count). The summed E-state index contributed by atoms with van der Waals surface area (Å²) in [4.78, 5) is 0. The molecule has 2 fully saturated rings. The predicted molar refractivity (Wildman–Crippen MR) is 45.2 cm³/mol. The van der Waals surface area contributed by atoms with E-state index in [9.17, 15) is 5.11 Å². The lowest BCUT2D eigenvalue weighted by Gasteiger charge is -2.24. The van der Waals surface area contributed by atoms with Gasteiger partial charge in [0.05, 0.1) is 6.10 Å². The Morgan fingerprint density at radius 3 is 2.73 bits per heavy atom. The van der Waals surface area contributed by atoms with E-state index in [1.54, 1.807) is 0 Å². The van der Waals surface area contributed by atoms with Crippen molar-refractivity contribution in [3.8, 4) is 0 Å². The highest BCUT2D eigenvalue weighted by Gasteiger charge is 2.37. The topological polar surface area (TPSA) is 20.2 Å². The van der Waals surface area contributed by atoms with Gasteiger partial charge >= 0.3 is 0 Å². The molecule has 11 heavy (non-hydrogen) atoms. The van der Waals surface area contributed by atoms with Gasteiger partial charge in [0.25, 0.3) is 0 Å². The SMILES string of the molecule is C=C1C(O)CC2CCCCC12. The van der Waals surface area contributed by atoms with Crippen molar-refractivity contribution in [2.75, 3.05) is 0 Å². The fourth-order valence-corrected chi connectivity index (χ4v) is 2.66. The molecular formula is C10H16O. The molecule has 0 saturated heterocycles. The van der Waals surface area contributed by atoms with Gasteiger partial charge in [-0.25, -0.2) is 0 Å². The van der Waals surface area contributed by atoms with Gasteiger partial charge in [-0.15, -0.1) is 0 Å². The minimum atomic E-state index is -0.178. The van der Waals surface area contributed by atoms with E-state index >= 15 is 0 Å². The van der Waals surface area contributed by atoms with Crippen LogP contribution >= 0.6 is 0 Å². The molecule has 1 heteroatoms. The number of hydrogen-bond donors (Lipinski definition) is 1. The van der Waals surface area contributed by atoms with Crippen molar-refractivity contribution >= 4 is 0 Å². The summed E-state index contributed by atoms with van der Waals surface area (Å²) < 4.78 is 0. The van der Waals surface area contributed by atoms with Crippen LogP contribution in [0.4, 0.5) is 0 Å². The van der Waals surface area contributed by atoms with Gasteiger partial charge in [-0.1, -0.05) is 19.4 Å². The number of fused-ring (bicyclic) bond motifs is 1. The lowest BCUT2D eigenvalue weighted by Crippen LogP contribution is -2.13. The van der Waals surface area contributed by atoms with Gasteiger partial charge in [0.2, 0.25) is 0 Å². The Morgan fingerprint density at radius 2 is 2.00 bits per heavy atom.